The minimum absolute atomic E-state index is 0.0730. The normalized spacial score (nSPS) is 27.3. The lowest BCUT2D eigenvalue weighted by Crippen LogP contribution is -2.34. The fourth-order valence-corrected chi connectivity index (χ4v) is 1.94. The average molecular weight is 192 g/mol. The maximum Gasteiger partial charge on any atom is 0.321 e. The molecule has 3 nitrogen and oxygen atoms in total. The van der Waals surface area contributed by atoms with E-state index in [1.807, 2.05) is 12.1 Å². The van der Waals surface area contributed by atoms with Crippen molar-refractivity contribution in [1.29, 1.82) is 0 Å². The molecule has 2 atom stereocenters. The second-order valence-corrected chi connectivity index (χ2v) is 3.48. The van der Waals surface area contributed by atoms with Gasteiger partial charge in [0, 0.05) is 5.92 Å². The summed E-state index contributed by atoms with van der Waals surface area (Å²) < 4.78 is 7.75. The van der Waals surface area contributed by atoms with Gasteiger partial charge in [-0.2, -0.15) is 0 Å². The van der Waals surface area contributed by atoms with E-state index in [1.54, 1.807) is 12.1 Å². The SMILES string of the molecule is [2H]c1ccccc1[C@@H]1CCN[C@@H]1C(=O)O. The zero-order valence-electron chi connectivity index (χ0n) is 8.73. The third kappa shape index (κ3) is 1.63. The minimum Gasteiger partial charge on any atom is -0.480 e. The fraction of sp³-hybridized carbons (Fsp3) is 0.364. The molecule has 0 amide bonds. The predicted octanol–water partition coefficient (Wildman–Crippen LogP) is 1.22. The molecule has 0 radical (unpaired) electrons. The van der Waals surface area contributed by atoms with Crippen LogP contribution >= 0.6 is 0 Å². The Kier molecular flexibility index (Phi) is 2.17. The van der Waals surface area contributed by atoms with E-state index in [2.05, 4.69) is 5.32 Å². The number of benzene rings is 1. The van der Waals surface area contributed by atoms with Crippen LogP contribution in [-0.2, 0) is 4.79 Å². The van der Waals surface area contributed by atoms with Gasteiger partial charge in [-0.3, -0.25) is 4.79 Å². The van der Waals surface area contributed by atoms with Crippen LogP contribution < -0.4 is 5.32 Å². The predicted molar refractivity (Wildman–Crippen MR) is 53.2 cm³/mol. The van der Waals surface area contributed by atoms with E-state index in [1.165, 1.54) is 0 Å². The van der Waals surface area contributed by atoms with E-state index in [-0.39, 0.29) is 5.92 Å². The van der Waals surface area contributed by atoms with Crippen LogP contribution in [-0.4, -0.2) is 23.7 Å². The molecule has 1 aromatic rings. The number of aliphatic carboxylic acids is 1. The highest BCUT2D eigenvalue weighted by atomic mass is 16.4. The van der Waals surface area contributed by atoms with Gasteiger partial charge in [-0.25, -0.2) is 0 Å². The summed E-state index contributed by atoms with van der Waals surface area (Å²) in [7, 11) is 0. The molecule has 2 rings (SSSR count). The molecule has 1 aliphatic rings. The highest BCUT2D eigenvalue weighted by Crippen LogP contribution is 2.27. The average Bonchev–Trinajstić information content (AvgIpc) is 2.67. The van der Waals surface area contributed by atoms with Crippen molar-refractivity contribution in [2.24, 2.45) is 0 Å². The Morgan fingerprint density at radius 3 is 3.14 bits per heavy atom. The van der Waals surface area contributed by atoms with Gasteiger partial charge in [0.25, 0.3) is 0 Å². The number of carbonyl (C=O) groups is 1. The summed E-state index contributed by atoms with van der Waals surface area (Å²) in [5, 5.41) is 12.0. The molecule has 0 aliphatic carbocycles. The summed E-state index contributed by atoms with van der Waals surface area (Å²) in [6.45, 7) is 0.704. The largest absolute Gasteiger partial charge is 0.480 e. The third-order valence-electron chi connectivity index (χ3n) is 2.62. The Balaban J connectivity index is 2.30. The highest BCUT2D eigenvalue weighted by Gasteiger charge is 2.33. The summed E-state index contributed by atoms with van der Waals surface area (Å²) in [6.07, 6.45) is 0.785. The van der Waals surface area contributed by atoms with E-state index in [0.29, 0.717) is 12.6 Å². The molecule has 2 N–H and O–H groups in total. The number of carboxylic acids is 1. The van der Waals surface area contributed by atoms with Gasteiger partial charge >= 0.3 is 5.97 Å². The topological polar surface area (TPSA) is 49.3 Å². The van der Waals surface area contributed by atoms with Crippen molar-refractivity contribution >= 4 is 5.97 Å². The summed E-state index contributed by atoms with van der Waals surface area (Å²) in [5.41, 5.74) is 0.829. The molecule has 0 bridgehead atoms. The van der Waals surface area contributed by atoms with Gasteiger partial charge in [-0.15, -0.1) is 0 Å². The smallest absolute Gasteiger partial charge is 0.321 e. The van der Waals surface area contributed by atoms with Crippen LogP contribution in [0.3, 0.4) is 0 Å². The molecule has 0 spiro atoms. The quantitative estimate of drug-likeness (QED) is 0.740. The number of nitrogens with one attached hydrogen (secondary N) is 1. The van der Waals surface area contributed by atoms with Crippen LogP contribution in [0.25, 0.3) is 0 Å². The fourth-order valence-electron chi connectivity index (χ4n) is 1.94. The highest BCUT2D eigenvalue weighted by molar-refractivity contribution is 5.75. The van der Waals surface area contributed by atoms with Crippen molar-refractivity contribution in [3.63, 3.8) is 0 Å². The Hall–Kier alpha value is -1.35. The number of hydrogen-bond acceptors (Lipinski definition) is 2. The molecule has 1 aromatic carbocycles. The summed E-state index contributed by atoms with van der Waals surface area (Å²) >= 11 is 0. The van der Waals surface area contributed by atoms with Gasteiger partial charge in [0.05, 0.1) is 1.37 Å². The first kappa shape index (κ1) is 8.00. The van der Waals surface area contributed by atoms with E-state index in [0.717, 1.165) is 12.0 Å². The Morgan fingerprint density at radius 1 is 1.57 bits per heavy atom. The van der Waals surface area contributed by atoms with Gasteiger partial charge < -0.3 is 10.4 Å². The monoisotopic (exact) mass is 192 g/mol. The van der Waals surface area contributed by atoms with Crippen molar-refractivity contribution < 1.29 is 11.3 Å². The van der Waals surface area contributed by atoms with Crippen LogP contribution in [0, 0.1) is 0 Å². The number of carboxylic acid groups (broad SMARTS) is 1. The molecular weight excluding hydrogens is 178 g/mol. The molecule has 0 saturated carbocycles. The Bertz CT molecular complexity index is 381. The van der Waals surface area contributed by atoms with Gasteiger partial charge in [0.1, 0.15) is 6.04 Å². The molecular formula is C11H13NO2. The molecule has 0 unspecified atom stereocenters. The molecule has 14 heavy (non-hydrogen) atoms. The summed E-state index contributed by atoms with van der Waals surface area (Å²) in [5.74, 6) is -0.906. The van der Waals surface area contributed by atoms with E-state index in [9.17, 15) is 4.79 Å². The van der Waals surface area contributed by atoms with Crippen molar-refractivity contribution in [2.45, 2.75) is 18.4 Å². The molecule has 3 heteroatoms. The lowest BCUT2D eigenvalue weighted by molar-refractivity contribution is -0.139. The van der Waals surface area contributed by atoms with E-state index in [4.69, 9.17) is 6.48 Å². The summed E-state index contributed by atoms with van der Waals surface area (Å²) in [4.78, 5) is 11.0. The molecule has 1 fully saturated rings. The van der Waals surface area contributed by atoms with E-state index >= 15 is 0 Å². The number of hydrogen-bond donors (Lipinski definition) is 2. The maximum atomic E-state index is 11.0. The second-order valence-electron chi connectivity index (χ2n) is 3.48. The van der Waals surface area contributed by atoms with Gasteiger partial charge in [0.2, 0.25) is 0 Å². The first-order valence-corrected chi connectivity index (χ1v) is 4.72. The standard InChI is InChI=1S/C11H13NO2/c13-11(14)10-9(6-7-12-10)8-4-2-1-3-5-8/h1-5,9-10,12H,6-7H2,(H,13,14)/t9-,10-/m0/s1/i4D. The first-order valence-electron chi connectivity index (χ1n) is 5.22. The first-order chi connectivity index (χ1) is 7.20. The molecule has 1 aliphatic heterocycles. The molecule has 0 aromatic heterocycles. The number of rotatable bonds is 2. The van der Waals surface area contributed by atoms with Crippen molar-refractivity contribution in [2.75, 3.05) is 6.54 Å². The molecule has 74 valence electrons. The second kappa shape index (κ2) is 3.80. The van der Waals surface area contributed by atoms with Crippen LogP contribution in [0.4, 0.5) is 0 Å². The lowest BCUT2D eigenvalue weighted by Gasteiger charge is -2.15. The third-order valence-corrected chi connectivity index (χ3v) is 2.62. The minimum atomic E-state index is -0.833. The van der Waals surface area contributed by atoms with Crippen LogP contribution in [0.2, 0.25) is 0 Å². The van der Waals surface area contributed by atoms with Gasteiger partial charge in [-0.1, -0.05) is 30.3 Å². The maximum absolute atomic E-state index is 11.0. The van der Waals surface area contributed by atoms with Gasteiger partial charge in [0.15, 0.2) is 0 Å². The lowest BCUT2D eigenvalue weighted by atomic mass is 9.92. The zero-order chi connectivity index (χ0) is 10.8. The van der Waals surface area contributed by atoms with Crippen LogP contribution in [0.1, 0.15) is 19.3 Å². The summed E-state index contributed by atoms with van der Waals surface area (Å²) in [6, 6.07) is 7.07. The zero-order valence-corrected chi connectivity index (χ0v) is 7.73. The van der Waals surface area contributed by atoms with Crippen LogP contribution in [0.15, 0.2) is 30.3 Å². The van der Waals surface area contributed by atoms with Crippen LogP contribution in [0.5, 0.6) is 0 Å². The molecule has 1 saturated heterocycles. The van der Waals surface area contributed by atoms with E-state index < -0.39 is 12.0 Å². The van der Waals surface area contributed by atoms with Crippen molar-refractivity contribution in [3.8, 4) is 0 Å². The Morgan fingerprint density at radius 2 is 2.43 bits per heavy atom. The molecule has 1 heterocycles. The Labute approximate surface area is 84.2 Å². The van der Waals surface area contributed by atoms with Crippen molar-refractivity contribution in [3.05, 3.63) is 35.9 Å². The van der Waals surface area contributed by atoms with Crippen molar-refractivity contribution in [1.82, 2.24) is 5.32 Å². The van der Waals surface area contributed by atoms with Gasteiger partial charge in [-0.05, 0) is 18.5 Å².